The van der Waals surface area contributed by atoms with Gasteiger partial charge in [-0.1, -0.05) is 18.2 Å². The van der Waals surface area contributed by atoms with Crippen molar-refractivity contribution in [3.63, 3.8) is 0 Å². The summed E-state index contributed by atoms with van der Waals surface area (Å²) in [5.41, 5.74) is 3.44. The number of nitrogens with zero attached hydrogens (tertiary/aromatic N) is 1. The zero-order chi connectivity index (χ0) is 17.8. The van der Waals surface area contributed by atoms with E-state index >= 15 is 0 Å². The Morgan fingerprint density at radius 1 is 1.16 bits per heavy atom. The lowest BCUT2D eigenvalue weighted by molar-refractivity contribution is 0.0697. The number of ether oxygens (including phenoxy) is 1. The first-order chi connectivity index (χ1) is 12.1. The van der Waals surface area contributed by atoms with Crippen LogP contribution in [0, 0.1) is 0 Å². The van der Waals surface area contributed by atoms with Gasteiger partial charge in [0, 0.05) is 19.6 Å². The summed E-state index contributed by atoms with van der Waals surface area (Å²) in [7, 11) is 1.63. The van der Waals surface area contributed by atoms with E-state index in [0.29, 0.717) is 19.6 Å². The van der Waals surface area contributed by atoms with Crippen molar-refractivity contribution in [3.05, 3.63) is 64.7 Å². The number of carbonyl (C=O) groups excluding carboxylic acids is 1. The van der Waals surface area contributed by atoms with Gasteiger partial charge in [0.1, 0.15) is 5.75 Å². The summed E-state index contributed by atoms with van der Waals surface area (Å²) < 4.78 is 5.25. The number of nitrogens with one attached hydrogen (secondary N) is 1. The molecule has 130 valence electrons. The number of hydrogen-bond acceptors (Lipinski definition) is 3. The van der Waals surface area contributed by atoms with Gasteiger partial charge in [0.15, 0.2) is 0 Å². The smallest absolute Gasteiger partial charge is 0.335 e. The summed E-state index contributed by atoms with van der Waals surface area (Å²) >= 11 is 0. The molecule has 2 N–H and O–H groups in total. The number of amides is 2. The van der Waals surface area contributed by atoms with Crippen molar-refractivity contribution in [2.24, 2.45) is 0 Å². The highest BCUT2D eigenvalue weighted by molar-refractivity contribution is 5.87. The molecular formula is C19H20N2O4. The van der Waals surface area contributed by atoms with Gasteiger partial charge in [-0.25, -0.2) is 9.59 Å². The number of carboxylic acid groups (broad SMARTS) is 1. The van der Waals surface area contributed by atoms with Gasteiger partial charge in [-0.05, 0) is 47.4 Å². The van der Waals surface area contributed by atoms with Crippen LogP contribution >= 0.6 is 0 Å². The van der Waals surface area contributed by atoms with Crippen molar-refractivity contribution in [3.8, 4) is 5.75 Å². The third kappa shape index (κ3) is 3.91. The molecule has 25 heavy (non-hydrogen) atoms. The lowest BCUT2D eigenvalue weighted by atomic mass is 10.00. The molecular weight excluding hydrogens is 320 g/mol. The molecule has 6 nitrogen and oxygen atoms in total. The minimum absolute atomic E-state index is 0.129. The number of carbonyl (C=O) groups is 2. The van der Waals surface area contributed by atoms with Crippen LogP contribution in [0.4, 0.5) is 4.79 Å². The van der Waals surface area contributed by atoms with Crippen LogP contribution in [-0.4, -0.2) is 35.7 Å². The number of benzene rings is 2. The van der Waals surface area contributed by atoms with E-state index in [9.17, 15) is 9.59 Å². The van der Waals surface area contributed by atoms with Gasteiger partial charge >= 0.3 is 12.0 Å². The molecule has 1 aliphatic rings. The number of methoxy groups -OCH3 is 1. The first-order valence-electron chi connectivity index (χ1n) is 8.07. The quantitative estimate of drug-likeness (QED) is 0.897. The van der Waals surface area contributed by atoms with Crippen molar-refractivity contribution >= 4 is 12.0 Å². The Morgan fingerprint density at radius 2 is 1.92 bits per heavy atom. The Balaban J connectivity index is 1.59. The van der Waals surface area contributed by atoms with Gasteiger partial charge in [0.05, 0.1) is 12.7 Å². The van der Waals surface area contributed by atoms with Crippen LogP contribution in [0.3, 0.4) is 0 Å². The Labute approximate surface area is 146 Å². The molecule has 0 spiro atoms. The van der Waals surface area contributed by atoms with Crippen molar-refractivity contribution < 1.29 is 19.4 Å². The zero-order valence-corrected chi connectivity index (χ0v) is 14.0. The van der Waals surface area contributed by atoms with E-state index in [-0.39, 0.29) is 11.6 Å². The lowest BCUT2D eigenvalue weighted by Crippen LogP contribution is -2.42. The van der Waals surface area contributed by atoms with Gasteiger partial charge in [0.2, 0.25) is 0 Å². The summed E-state index contributed by atoms with van der Waals surface area (Å²) in [6, 6.07) is 12.3. The number of hydrogen-bond donors (Lipinski definition) is 2. The fourth-order valence-electron chi connectivity index (χ4n) is 2.89. The van der Waals surface area contributed by atoms with Crippen LogP contribution in [0.15, 0.2) is 42.5 Å². The Kier molecular flexibility index (Phi) is 4.88. The topological polar surface area (TPSA) is 78.9 Å². The maximum atomic E-state index is 12.4. The number of aromatic carboxylic acids is 1. The number of urea groups is 1. The third-order valence-corrected chi connectivity index (χ3v) is 4.36. The summed E-state index contributed by atoms with van der Waals surface area (Å²) in [6.45, 7) is 1.58. The Hall–Kier alpha value is -3.02. The van der Waals surface area contributed by atoms with Crippen LogP contribution < -0.4 is 10.1 Å². The lowest BCUT2D eigenvalue weighted by Gasteiger charge is -2.29. The molecule has 0 saturated carbocycles. The molecule has 1 aliphatic heterocycles. The second kappa shape index (κ2) is 7.25. The van der Waals surface area contributed by atoms with Gasteiger partial charge in [-0.2, -0.15) is 0 Å². The summed E-state index contributed by atoms with van der Waals surface area (Å²) in [5, 5.41) is 11.8. The predicted octanol–water partition coefficient (Wildman–Crippen LogP) is 2.66. The average Bonchev–Trinajstić information content (AvgIpc) is 2.65. The molecule has 0 saturated heterocycles. The molecule has 0 bridgehead atoms. The molecule has 0 atom stereocenters. The Morgan fingerprint density at radius 3 is 2.60 bits per heavy atom. The fraction of sp³-hybridized carbons (Fsp3) is 0.263. The van der Waals surface area contributed by atoms with Crippen molar-refractivity contribution in [2.75, 3.05) is 13.7 Å². The minimum atomic E-state index is -0.960. The molecule has 6 heteroatoms. The van der Waals surface area contributed by atoms with Gasteiger partial charge in [-0.15, -0.1) is 0 Å². The highest BCUT2D eigenvalue weighted by Gasteiger charge is 2.20. The van der Waals surface area contributed by atoms with Crippen LogP contribution in [0.5, 0.6) is 5.75 Å². The number of fused-ring (bicyclic) bond motifs is 1. The maximum absolute atomic E-state index is 12.4. The molecule has 0 aliphatic carbocycles. The average molecular weight is 340 g/mol. The molecule has 0 fully saturated rings. The minimum Gasteiger partial charge on any atom is -0.497 e. The van der Waals surface area contributed by atoms with Crippen molar-refractivity contribution in [2.45, 2.75) is 19.5 Å². The van der Waals surface area contributed by atoms with Crippen LogP contribution in [-0.2, 0) is 19.5 Å². The van der Waals surface area contributed by atoms with E-state index in [1.807, 2.05) is 18.2 Å². The SMILES string of the molecule is COc1ccc2c(c1)CN(C(=O)NCc1ccc(C(=O)O)cc1)CC2. The first-order valence-corrected chi connectivity index (χ1v) is 8.07. The molecule has 0 radical (unpaired) electrons. The van der Waals surface area contributed by atoms with E-state index in [1.165, 1.54) is 17.7 Å². The molecule has 2 aromatic carbocycles. The van der Waals surface area contributed by atoms with E-state index in [1.54, 1.807) is 24.1 Å². The second-order valence-electron chi connectivity index (χ2n) is 5.97. The number of carboxylic acids is 1. The number of rotatable bonds is 4. The molecule has 2 aromatic rings. The molecule has 0 unspecified atom stereocenters. The van der Waals surface area contributed by atoms with E-state index in [4.69, 9.17) is 9.84 Å². The third-order valence-electron chi connectivity index (χ3n) is 4.36. The molecule has 3 rings (SSSR count). The molecule has 1 heterocycles. The van der Waals surface area contributed by atoms with E-state index < -0.39 is 5.97 Å². The normalized spacial score (nSPS) is 13.1. The first kappa shape index (κ1) is 16.8. The molecule has 2 amide bonds. The van der Waals surface area contributed by atoms with Gasteiger partial charge in [0.25, 0.3) is 0 Å². The highest BCUT2D eigenvalue weighted by atomic mass is 16.5. The van der Waals surface area contributed by atoms with Crippen LogP contribution in [0.25, 0.3) is 0 Å². The van der Waals surface area contributed by atoms with Crippen molar-refractivity contribution in [1.29, 1.82) is 0 Å². The zero-order valence-electron chi connectivity index (χ0n) is 14.0. The standard InChI is InChI=1S/C19H20N2O4/c1-25-17-7-6-14-8-9-21(12-16(14)10-17)19(24)20-11-13-2-4-15(5-3-13)18(22)23/h2-7,10H,8-9,11-12H2,1H3,(H,20,24)(H,22,23). The summed E-state index contributed by atoms with van der Waals surface area (Å²) in [6.07, 6.45) is 0.820. The highest BCUT2D eigenvalue weighted by Crippen LogP contribution is 2.23. The van der Waals surface area contributed by atoms with Crippen LogP contribution in [0.2, 0.25) is 0 Å². The van der Waals surface area contributed by atoms with Gasteiger partial charge < -0.3 is 20.1 Å². The molecule has 0 aromatic heterocycles. The van der Waals surface area contributed by atoms with Crippen molar-refractivity contribution in [1.82, 2.24) is 10.2 Å². The maximum Gasteiger partial charge on any atom is 0.335 e. The monoisotopic (exact) mass is 340 g/mol. The summed E-state index contributed by atoms with van der Waals surface area (Å²) in [5.74, 6) is -0.169. The fourth-order valence-corrected chi connectivity index (χ4v) is 2.89. The summed E-state index contributed by atoms with van der Waals surface area (Å²) in [4.78, 5) is 25.0. The van der Waals surface area contributed by atoms with E-state index in [2.05, 4.69) is 5.32 Å². The van der Waals surface area contributed by atoms with E-state index in [0.717, 1.165) is 23.3 Å². The van der Waals surface area contributed by atoms with Crippen LogP contribution in [0.1, 0.15) is 27.0 Å². The largest absolute Gasteiger partial charge is 0.497 e. The van der Waals surface area contributed by atoms with Gasteiger partial charge in [-0.3, -0.25) is 0 Å². The Bertz CT molecular complexity index is 787. The predicted molar refractivity (Wildman–Crippen MR) is 92.7 cm³/mol. The second-order valence-corrected chi connectivity index (χ2v) is 5.97.